The number of para-hydroxylation sites is 1. The molecule has 1 amide bonds. The van der Waals surface area contributed by atoms with Gasteiger partial charge in [-0.05, 0) is 48.9 Å². The lowest BCUT2D eigenvalue weighted by molar-refractivity contribution is 0.0975. The first-order valence-corrected chi connectivity index (χ1v) is 7.90. The molecule has 0 aliphatic carbocycles. The third-order valence-corrected chi connectivity index (χ3v) is 4.26. The molecule has 1 aliphatic heterocycles. The Hall–Kier alpha value is -3.14. The van der Waals surface area contributed by atoms with Crippen LogP contribution in [0, 0.1) is 6.92 Å². The fraction of sp³-hybridized carbons (Fsp3) is 0.100. The van der Waals surface area contributed by atoms with E-state index in [2.05, 4.69) is 10.3 Å². The molecule has 118 valence electrons. The van der Waals surface area contributed by atoms with Gasteiger partial charge in [-0.15, -0.1) is 0 Å². The van der Waals surface area contributed by atoms with Crippen molar-refractivity contribution in [3.8, 4) is 0 Å². The van der Waals surface area contributed by atoms with E-state index in [1.807, 2.05) is 67.6 Å². The van der Waals surface area contributed by atoms with E-state index in [-0.39, 0.29) is 12.1 Å². The van der Waals surface area contributed by atoms with Gasteiger partial charge in [0.25, 0.3) is 5.91 Å². The van der Waals surface area contributed by atoms with Gasteiger partial charge in [0.1, 0.15) is 6.17 Å². The first kappa shape index (κ1) is 14.5. The second-order valence-electron chi connectivity index (χ2n) is 5.88. The number of pyridine rings is 1. The fourth-order valence-electron chi connectivity index (χ4n) is 3.00. The predicted octanol–water partition coefficient (Wildman–Crippen LogP) is 4.16. The Morgan fingerprint density at radius 2 is 1.67 bits per heavy atom. The number of nitrogens with zero attached hydrogens (tertiary/aromatic N) is 2. The van der Waals surface area contributed by atoms with Gasteiger partial charge in [0.05, 0.1) is 5.56 Å². The van der Waals surface area contributed by atoms with Crippen LogP contribution in [0.2, 0.25) is 0 Å². The van der Waals surface area contributed by atoms with Crippen molar-refractivity contribution in [1.29, 1.82) is 0 Å². The van der Waals surface area contributed by atoms with Gasteiger partial charge >= 0.3 is 0 Å². The average Bonchev–Trinajstić information content (AvgIpc) is 2.63. The SMILES string of the molecule is Cc1ccc(N2C(=O)c3ccccc3N[C@H]2c2ccncc2)cc1. The van der Waals surface area contributed by atoms with Crippen LogP contribution in [0.15, 0.2) is 73.1 Å². The lowest BCUT2D eigenvalue weighted by atomic mass is 10.0. The maximum atomic E-state index is 13.2. The molecular weight excluding hydrogens is 298 g/mol. The summed E-state index contributed by atoms with van der Waals surface area (Å²) in [5, 5.41) is 3.48. The first-order valence-electron chi connectivity index (χ1n) is 7.90. The van der Waals surface area contributed by atoms with Crippen LogP contribution in [0.25, 0.3) is 0 Å². The fourth-order valence-corrected chi connectivity index (χ4v) is 3.00. The number of rotatable bonds is 2. The summed E-state index contributed by atoms with van der Waals surface area (Å²) in [5.74, 6) is -0.00462. The highest BCUT2D eigenvalue weighted by Crippen LogP contribution is 2.36. The van der Waals surface area contributed by atoms with Gasteiger partial charge in [0.15, 0.2) is 0 Å². The van der Waals surface area contributed by atoms with E-state index in [1.54, 1.807) is 17.3 Å². The largest absolute Gasteiger partial charge is 0.360 e. The molecule has 0 unspecified atom stereocenters. The van der Waals surface area contributed by atoms with Gasteiger partial charge in [-0.25, -0.2) is 0 Å². The van der Waals surface area contributed by atoms with E-state index in [4.69, 9.17) is 0 Å². The van der Waals surface area contributed by atoms with Crippen molar-refractivity contribution in [2.45, 2.75) is 13.1 Å². The summed E-state index contributed by atoms with van der Waals surface area (Å²) in [4.78, 5) is 19.0. The van der Waals surface area contributed by atoms with Crippen molar-refractivity contribution in [1.82, 2.24) is 4.98 Å². The van der Waals surface area contributed by atoms with Gasteiger partial charge in [-0.1, -0.05) is 29.8 Å². The number of carbonyl (C=O) groups excluding carboxylic acids is 1. The molecule has 0 fully saturated rings. The molecule has 1 atom stereocenters. The molecule has 1 aromatic heterocycles. The van der Waals surface area contributed by atoms with Crippen molar-refractivity contribution < 1.29 is 4.79 Å². The Labute approximate surface area is 140 Å². The number of anilines is 2. The standard InChI is InChI=1S/C20H17N3O/c1-14-6-8-16(9-7-14)23-19(15-10-12-21-13-11-15)22-18-5-3-2-4-17(18)20(23)24/h2-13,19,22H,1H3/t19-/m1/s1. The zero-order chi connectivity index (χ0) is 16.5. The Kier molecular flexibility index (Phi) is 3.50. The molecule has 24 heavy (non-hydrogen) atoms. The lowest BCUT2D eigenvalue weighted by Crippen LogP contribution is -2.43. The van der Waals surface area contributed by atoms with Gasteiger partial charge in [-0.3, -0.25) is 14.7 Å². The van der Waals surface area contributed by atoms with Crippen LogP contribution in [-0.2, 0) is 0 Å². The minimum absolute atomic E-state index is 0.00462. The summed E-state index contributed by atoms with van der Waals surface area (Å²) in [7, 11) is 0. The number of hydrogen-bond acceptors (Lipinski definition) is 3. The Balaban J connectivity index is 1.86. The molecule has 1 N–H and O–H groups in total. The second-order valence-corrected chi connectivity index (χ2v) is 5.88. The minimum Gasteiger partial charge on any atom is -0.360 e. The summed E-state index contributed by atoms with van der Waals surface area (Å²) >= 11 is 0. The molecule has 3 aromatic rings. The summed E-state index contributed by atoms with van der Waals surface area (Å²) < 4.78 is 0. The van der Waals surface area contributed by atoms with Gasteiger partial charge in [-0.2, -0.15) is 0 Å². The number of amides is 1. The molecule has 4 rings (SSSR count). The maximum Gasteiger partial charge on any atom is 0.262 e. The van der Waals surface area contributed by atoms with Crippen molar-refractivity contribution in [3.63, 3.8) is 0 Å². The second kappa shape index (κ2) is 5.81. The molecule has 2 aromatic carbocycles. The molecule has 1 aliphatic rings. The zero-order valence-electron chi connectivity index (χ0n) is 13.3. The van der Waals surface area contributed by atoms with E-state index in [0.29, 0.717) is 5.56 Å². The van der Waals surface area contributed by atoms with Crippen LogP contribution in [0.5, 0.6) is 0 Å². The van der Waals surface area contributed by atoms with Crippen molar-refractivity contribution in [2.75, 3.05) is 10.2 Å². The third-order valence-electron chi connectivity index (χ3n) is 4.26. The maximum absolute atomic E-state index is 13.2. The summed E-state index contributed by atoms with van der Waals surface area (Å²) in [6.07, 6.45) is 3.23. The monoisotopic (exact) mass is 315 g/mol. The van der Waals surface area contributed by atoms with Crippen LogP contribution in [0.3, 0.4) is 0 Å². The molecule has 0 radical (unpaired) electrons. The normalized spacial score (nSPS) is 16.5. The van der Waals surface area contributed by atoms with E-state index >= 15 is 0 Å². The number of aryl methyl sites for hydroxylation is 1. The molecule has 0 bridgehead atoms. The highest BCUT2D eigenvalue weighted by molar-refractivity contribution is 6.12. The number of fused-ring (bicyclic) bond motifs is 1. The predicted molar refractivity (Wildman–Crippen MR) is 95.0 cm³/mol. The van der Waals surface area contributed by atoms with Crippen LogP contribution in [-0.4, -0.2) is 10.9 Å². The highest BCUT2D eigenvalue weighted by Gasteiger charge is 2.33. The summed E-state index contributed by atoms with van der Waals surface area (Å²) in [6, 6.07) is 19.5. The quantitative estimate of drug-likeness (QED) is 0.772. The van der Waals surface area contributed by atoms with Crippen LogP contribution < -0.4 is 10.2 Å². The number of carbonyl (C=O) groups is 1. The van der Waals surface area contributed by atoms with Crippen molar-refractivity contribution >= 4 is 17.3 Å². The van der Waals surface area contributed by atoms with E-state index in [0.717, 1.165) is 22.5 Å². The molecule has 4 nitrogen and oxygen atoms in total. The van der Waals surface area contributed by atoms with Gasteiger partial charge in [0, 0.05) is 23.8 Å². The number of hydrogen-bond donors (Lipinski definition) is 1. The Morgan fingerprint density at radius 3 is 2.42 bits per heavy atom. The Morgan fingerprint density at radius 1 is 0.958 bits per heavy atom. The summed E-state index contributed by atoms with van der Waals surface area (Å²) in [5.41, 5.74) is 4.57. The molecule has 0 spiro atoms. The number of aromatic nitrogens is 1. The average molecular weight is 315 g/mol. The van der Waals surface area contributed by atoms with Crippen LogP contribution in [0.4, 0.5) is 11.4 Å². The van der Waals surface area contributed by atoms with E-state index in [1.165, 1.54) is 0 Å². The third kappa shape index (κ3) is 2.42. The van der Waals surface area contributed by atoms with Crippen LogP contribution in [0.1, 0.15) is 27.7 Å². The van der Waals surface area contributed by atoms with E-state index in [9.17, 15) is 4.79 Å². The highest BCUT2D eigenvalue weighted by atomic mass is 16.2. The smallest absolute Gasteiger partial charge is 0.262 e. The van der Waals surface area contributed by atoms with Crippen molar-refractivity contribution in [2.24, 2.45) is 0 Å². The molecule has 0 saturated heterocycles. The molecule has 0 saturated carbocycles. The Bertz CT molecular complexity index is 875. The number of benzene rings is 2. The van der Waals surface area contributed by atoms with Gasteiger partial charge in [0.2, 0.25) is 0 Å². The number of nitrogens with one attached hydrogen (secondary N) is 1. The summed E-state index contributed by atoms with van der Waals surface area (Å²) in [6.45, 7) is 2.04. The van der Waals surface area contributed by atoms with Gasteiger partial charge < -0.3 is 5.32 Å². The van der Waals surface area contributed by atoms with E-state index < -0.39 is 0 Å². The zero-order valence-corrected chi connectivity index (χ0v) is 13.3. The van der Waals surface area contributed by atoms with Crippen LogP contribution >= 0.6 is 0 Å². The topological polar surface area (TPSA) is 45.2 Å². The van der Waals surface area contributed by atoms with Crippen molar-refractivity contribution in [3.05, 3.63) is 89.7 Å². The lowest BCUT2D eigenvalue weighted by Gasteiger charge is -2.38. The first-order chi connectivity index (χ1) is 11.7. The molecule has 2 heterocycles. The molecular formula is C20H17N3O. The minimum atomic E-state index is -0.266. The molecule has 4 heteroatoms.